The molecule has 0 radical (unpaired) electrons. The Labute approximate surface area is 369 Å². The third kappa shape index (κ3) is 10.9. The Hall–Kier alpha value is -6.15. The second-order valence-corrected chi connectivity index (χ2v) is 18.2. The van der Waals surface area contributed by atoms with Crippen LogP contribution in [-0.2, 0) is 27.7 Å². The van der Waals surface area contributed by atoms with Gasteiger partial charge in [-0.1, -0.05) is 79.7 Å². The number of piperidine rings is 1. The van der Waals surface area contributed by atoms with Crippen LogP contribution in [0.4, 0.5) is 17.1 Å². The molecule has 1 atom stereocenters. The molecule has 0 aromatic heterocycles. The van der Waals surface area contributed by atoms with E-state index in [0.29, 0.717) is 42.5 Å². The van der Waals surface area contributed by atoms with Crippen molar-refractivity contribution in [3.8, 4) is 0 Å². The maximum absolute atomic E-state index is 14.0. The number of aliphatic carboxylic acids is 1. The van der Waals surface area contributed by atoms with Crippen LogP contribution in [-0.4, -0.2) is 72.2 Å². The van der Waals surface area contributed by atoms with Crippen LogP contribution in [0.25, 0.3) is 0 Å². The van der Waals surface area contributed by atoms with Gasteiger partial charge in [-0.25, -0.2) is 8.42 Å². The molecule has 5 aromatic carbocycles. The number of carbonyl (C=O) groups excluding carboxylic acids is 3. The summed E-state index contributed by atoms with van der Waals surface area (Å²) in [5, 5.41) is 25.8. The van der Waals surface area contributed by atoms with Crippen molar-refractivity contribution >= 4 is 50.7 Å². The number of aryl methyl sites for hydroxylation is 2. The summed E-state index contributed by atoms with van der Waals surface area (Å²) in [5.74, 6) is -2.69. The first kappa shape index (κ1) is 44.9. The van der Waals surface area contributed by atoms with Crippen LogP contribution in [0, 0.1) is 5.92 Å². The van der Waals surface area contributed by atoms with Crippen LogP contribution in [0.5, 0.6) is 0 Å². The Morgan fingerprint density at radius 2 is 1.37 bits per heavy atom. The number of aliphatic hydroxyl groups is 1. The molecule has 2 amide bonds. The molecule has 1 saturated heterocycles. The minimum absolute atomic E-state index is 0.0381. The summed E-state index contributed by atoms with van der Waals surface area (Å²) in [7, 11) is -4.01. The van der Waals surface area contributed by atoms with E-state index in [-0.39, 0.29) is 40.1 Å². The van der Waals surface area contributed by atoms with Gasteiger partial charge in [-0.05, 0) is 123 Å². The van der Waals surface area contributed by atoms with Crippen molar-refractivity contribution in [2.75, 3.05) is 35.2 Å². The molecule has 1 saturated carbocycles. The number of rotatable bonds is 16. The number of anilines is 3. The fourth-order valence-electron chi connectivity index (χ4n) is 8.56. The first-order valence-corrected chi connectivity index (χ1v) is 23.2. The van der Waals surface area contributed by atoms with Gasteiger partial charge in [-0.2, -0.15) is 4.31 Å². The Morgan fingerprint density at radius 1 is 0.714 bits per heavy atom. The lowest BCUT2D eigenvalue weighted by Crippen LogP contribution is -2.42. The SMILES string of the molecule is CCN(C1CCC(C(=O)O)CC1)S(=O)(=O)c1cccc(C(=O)Nc2ccc(N3CCCCC3)cc2C(=O)Nc2ccc(CCc3ccc(C(=O)C(O)c4ccccc4)cc3)cc2)c1. The molecule has 13 heteroatoms. The average Bonchev–Trinajstić information content (AvgIpc) is 3.32. The third-order valence-corrected chi connectivity index (χ3v) is 14.2. The summed E-state index contributed by atoms with van der Waals surface area (Å²) in [6.07, 6.45) is 5.11. The largest absolute Gasteiger partial charge is 0.481 e. The Kier molecular flexibility index (Phi) is 14.5. The summed E-state index contributed by atoms with van der Waals surface area (Å²) in [4.78, 5) is 54.4. The number of hydrogen-bond acceptors (Lipinski definition) is 8. The summed E-state index contributed by atoms with van der Waals surface area (Å²) in [6, 6.07) is 34.5. The van der Waals surface area contributed by atoms with Crippen molar-refractivity contribution in [2.45, 2.75) is 81.8 Å². The van der Waals surface area contributed by atoms with E-state index in [1.807, 2.05) is 48.5 Å². The van der Waals surface area contributed by atoms with E-state index in [2.05, 4.69) is 15.5 Å². The summed E-state index contributed by atoms with van der Waals surface area (Å²) >= 11 is 0. The molecule has 63 heavy (non-hydrogen) atoms. The smallest absolute Gasteiger partial charge is 0.306 e. The topological polar surface area (TPSA) is 173 Å². The maximum atomic E-state index is 14.0. The molecular formula is C50H54N4O8S. The number of Topliss-reactive ketones (excluding diaryl/α,β-unsaturated/α-hetero) is 1. The zero-order chi connectivity index (χ0) is 44.5. The van der Waals surface area contributed by atoms with E-state index < -0.39 is 39.8 Å². The van der Waals surface area contributed by atoms with Crippen LogP contribution < -0.4 is 15.5 Å². The monoisotopic (exact) mass is 870 g/mol. The quantitative estimate of drug-likeness (QED) is 0.0709. The van der Waals surface area contributed by atoms with Gasteiger partial charge < -0.3 is 25.7 Å². The van der Waals surface area contributed by atoms with Gasteiger partial charge in [0.15, 0.2) is 5.78 Å². The molecule has 2 aliphatic rings. The molecule has 0 bridgehead atoms. The van der Waals surface area contributed by atoms with Gasteiger partial charge in [0.25, 0.3) is 11.8 Å². The standard InChI is InChI=1S/C50H54N4O8S/c1-2-54(41-26-22-38(23-27-41)50(59)60)63(61,62)43-13-9-12-39(32-43)48(57)52-45-29-28-42(53-30-7-4-8-31-53)33-44(45)49(58)51-40-24-18-35(19-25-40)15-14-34-16-20-37(21-17-34)47(56)46(55)36-10-5-3-6-11-36/h3,5-6,9-13,16-21,24-25,28-29,32-33,38,41,46,55H,2,4,7-8,14-15,22-23,26-27,30-31H2,1H3,(H,51,58)(H,52,57)(H,59,60). The number of nitrogens with one attached hydrogen (secondary N) is 2. The van der Waals surface area contributed by atoms with Crippen molar-refractivity contribution < 1.29 is 37.8 Å². The molecule has 1 heterocycles. The van der Waals surface area contributed by atoms with E-state index in [1.165, 1.54) is 28.6 Å². The second-order valence-electron chi connectivity index (χ2n) is 16.3. The molecule has 0 spiro atoms. The summed E-state index contributed by atoms with van der Waals surface area (Å²) in [6.45, 7) is 3.66. The molecule has 5 aromatic rings. The highest BCUT2D eigenvalue weighted by Gasteiger charge is 2.35. The van der Waals surface area contributed by atoms with E-state index in [0.717, 1.165) is 62.0 Å². The molecule has 12 nitrogen and oxygen atoms in total. The Bertz CT molecular complexity index is 2520. The van der Waals surface area contributed by atoms with Gasteiger partial charge in [0.1, 0.15) is 6.10 Å². The van der Waals surface area contributed by atoms with Crippen molar-refractivity contribution in [2.24, 2.45) is 5.92 Å². The number of nitrogens with zero attached hydrogens (tertiary/aromatic N) is 2. The minimum Gasteiger partial charge on any atom is -0.481 e. The Morgan fingerprint density at radius 3 is 2.00 bits per heavy atom. The zero-order valence-electron chi connectivity index (χ0n) is 35.4. The van der Waals surface area contributed by atoms with Crippen molar-refractivity contribution in [1.29, 1.82) is 0 Å². The van der Waals surface area contributed by atoms with Crippen LogP contribution >= 0.6 is 0 Å². The molecule has 1 aliphatic heterocycles. The van der Waals surface area contributed by atoms with Gasteiger partial charge in [0.05, 0.1) is 22.1 Å². The highest BCUT2D eigenvalue weighted by atomic mass is 32.2. The van der Waals surface area contributed by atoms with Gasteiger partial charge in [-0.15, -0.1) is 0 Å². The summed E-state index contributed by atoms with van der Waals surface area (Å²) in [5.41, 5.74) is 5.14. The fourth-order valence-corrected chi connectivity index (χ4v) is 10.3. The van der Waals surface area contributed by atoms with Crippen molar-refractivity contribution in [1.82, 2.24) is 4.31 Å². The lowest BCUT2D eigenvalue weighted by molar-refractivity contribution is -0.143. The molecule has 7 rings (SSSR count). The number of carboxylic acids is 1. The number of hydrogen-bond donors (Lipinski definition) is 4. The predicted molar refractivity (Wildman–Crippen MR) is 244 cm³/mol. The van der Waals surface area contributed by atoms with Crippen molar-refractivity contribution in [3.05, 3.63) is 155 Å². The van der Waals surface area contributed by atoms with Gasteiger partial charge in [0, 0.05) is 48.2 Å². The van der Waals surface area contributed by atoms with E-state index in [4.69, 9.17) is 0 Å². The molecule has 1 aliphatic carbocycles. The normalized spacial score (nSPS) is 17.2. The van der Waals surface area contributed by atoms with Crippen LogP contribution in [0.15, 0.2) is 126 Å². The summed E-state index contributed by atoms with van der Waals surface area (Å²) < 4.78 is 29.3. The molecular weight excluding hydrogens is 817 g/mol. The zero-order valence-corrected chi connectivity index (χ0v) is 36.2. The lowest BCUT2D eigenvalue weighted by Gasteiger charge is -2.34. The number of ketones is 1. The van der Waals surface area contributed by atoms with Crippen LogP contribution in [0.1, 0.15) is 106 Å². The number of amides is 2. The predicted octanol–water partition coefficient (Wildman–Crippen LogP) is 8.54. The van der Waals surface area contributed by atoms with Crippen molar-refractivity contribution in [3.63, 3.8) is 0 Å². The Balaban J connectivity index is 1.02. The highest BCUT2D eigenvalue weighted by Crippen LogP contribution is 2.32. The van der Waals surface area contributed by atoms with E-state index >= 15 is 0 Å². The first-order valence-electron chi connectivity index (χ1n) is 21.7. The van der Waals surface area contributed by atoms with Crippen LogP contribution in [0.3, 0.4) is 0 Å². The fraction of sp³-hybridized carbons (Fsp3) is 0.320. The third-order valence-electron chi connectivity index (χ3n) is 12.2. The molecule has 2 fully saturated rings. The number of benzene rings is 5. The van der Waals surface area contributed by atoms with E-state index in [1.54, 1.807) is 55.5 Å². The number of sulfonamides is 1. The molecule has 328 valence electrons. The second kappa shape index (κ2) is 20.4. The molecule has 1 unspecified atom stereocenters. The number of carbonyl (C=O) groups is 4. The van der Waals surface area contributed by atoms with E-state index in [9.17, 15) is 37.8 Å². The lowest BCUT2D eigenvalue weighted by atomic mass is 9.86. The first-order chi connectivity index (χ1) is 30.4. The number of carboxylic acid groups (broad SMARTS) is 1. The highest BCUT2D eigenvalue weighted by molar-refractivity contribution is 7.89. The minimum atomic E-state index is -4.01. The number of aliphatic hydroxyl groups excluding tert-OH is 1. The average molecular weight is 871 g/mol. The molecule has 4 N–H and O–H groups in total. The van der Waals surface area contributed by atoms with Gasteiger partial charge in [0.2, 0.25) is 10.0 Å². The van der Waals surface area contributed by atoms with Gasteiger partial charge >= 0.3 is 5.97 Å². The van der Waals surface area contributed by atoms with Gasteiger partial charge in [-0.3, -0.25) is 19.2 Å². The van der Waals surface area contributed by atoms with Crippen LogP contribution in [0.2, 0.25) is 0 Å². The maximum Gasteiger partial charge on any atom is 0.306 e.